The van der Waals surface area contributed by atoms with E-state index in [0.29, 0.717) is 37.6 Å². The molecule has 2 aromatic carbocycles. The molecule has 0 spiro atoms. The molecular formula is C23H33N2O4S+. The van der Waals surface area contributed by atoms with Gasteiger partial charge in [0.1, 0.15) is 25.0 Å². The third-order valence-corrected chi connectivity index (χ3v) is 8.21. The summed E-state index contributed by atoms with van der Waals surface area (Å²) in [5.41, 5.74) is 3.67. The number of nitrogens with one attached hydrogen (secondary N) is 1. The number of sulfonamides is 1. The van der Waals surface area contributed by atoms with Gasteiger partial charge in [-0.3, -0.25) is 0 Å². The van der Waals surface area contributed by atoms with Crippen LogP contribution < -0.4 is 9.64 Å². The molecule has 1 aliphatic heterocycles. The number of piperazine rings is 1. The van der Waals surface area contributed by atoms with E-state index in [1.165, 1.54) is 4.90 Å². The molecule has 2 aromatic rings. The van der Waals surface area contributed by atoms with Crippen molar-refractivity contribution in [1.82, 2.24) is 4.31 Å². The van der Waals surface area contributed by atoms with Gasteiger partial charge in [-0.15, -0.1) is 0 Å². The van der Waals surface area contributed by atoms with Crippen LogP contribution in [-0.2, 0) is 10.0 Å². The fourth-order valence-corrected chi connectivity index (χ4v) is 6.06. The van der Waals surface area contributed by atoms with Crippen molar-refractivity contribution in [1.29, 1.82) is 0 Å². The van der Waals surface area contributed by atoms with Gasteiger partial charge in [-0.1, -0.05) is 24.3 Å². The number of hydrogen-bond acceptors (Lipinski definition) is 4. The summed E-state index contributed by atoms with van der Waals surface area (Å²) in [6.07, 6.45) is -0.590. The quantitative estimate of drug-likeness (QED) is 0.690. The van der Waals surface area contributed by atoms with Gasteiger partial charge in [0.25, 0.3) is 0 Å². The molecular weight excluding hydrogens is 400 g/mol. The highest BCUT2D eigenvalue weighted by Gasteiger charge is 2.33. The molecule has 30 heavy (non-hydrogen) atoms. The Kier molecular flexibility index (Phi) is 7.18. The molecule has 1 saturated heterocycles. The number of aryl methyl sites for hydroxylation is 2. The number of ether oxygens (including phenoxy) is 1. The first-order chi connectivity index (χ1) is 14.2. The van der Waals surface area contributed by atoms with E-state index >= 15 is 0 Å². The van der Waals surface area contributed by atoms with Crippen molar-refractivity contribution in [3.05, 3.63) is 58.7 Å². The molecule has 0 bridgehead atoms. The van der Waals surface area contributed by atoms with Crippen LogP contribution in [0.25, 0.3) is 0 Å². The Hall–Kier alpha value is -1.93. The molecule has 0 aromatic heterocycles. The van der Waals surface area contributed by atoms with Crippen LogP contribution in [0.4, 0.5) is 0 Å². The highest BCUT2D eigenvalue weighted by Crippen LogP contribution is 2.28. The molecule has 3 rings (SSSR count). The van der Waals surface area contributed by atoms with Gasteiger partial charge in [-0.05, 0) is 62.1 Å². The molecule has 1 atom stereocenters. The summed E-state index contributed by atoms with van der Waals surface area (Å²) < 4.78 is 34.0. The standard InChI is InChI=1S/C23H32N2O4S/c1-17-14-18(2)20(4)23(19(17)3)30(27,28)25-12-10-24(11-13-25)15-21(26)16-29-22-8-6-5-7-9-22/h5-9,14,21,26H,10-13,15-16H2,1-4H3/p+1/t21-/m1/s1. The molecule has 2 N–H and O–H groups in total. The fraction of sp³-hybridized carbons (Fsp3) is 0.478. The van der Waals surface area contributed by atoms with Gasteiger partial charge in [0.15, 0.2) is 0 Å². The second-order valence-electron chi connectivity index (χ2n) is 8.23. The van der Waals surface area contributed by atoms with Gasteiger partial charge >= 0.3 is 0 Å². The molecule has 0 unspecified atom stereocenters. The van der Waals surface area contributed by atoms with Crippen LogP contribution in [0.5, 0.6) is 5.75 Å². The lowest BCUT2D eigenvalue weighted by atomic mass is 10.0. The van der Waals surface area contributed by atoms with Gasteiger partial charge < -0.3 is 14.7 Å². The van der Waals surface area contributed by atoms with Crippen molar-refractivity contribution in [3.8, 4) is 5.75 Å². The van der Waals surface area contributed by atoms with E-state index in [0.717, 1.165) is 28.0 Å². The maximum atomic E-state index is 13.4. The van der Waals surface area contributed by atoms with Crippen LogP contribution in [-0.4, -0.2) is 63.3 Å². The lowest BCUT2D eigenvalue weighted by Gasteiger charge is -2.33. The minimum atomic E-state index is -3.53. The SMILES string of the molecule is Cc1cc(C)c(C)c(S(=O)(=O)N2CC[NH+](C[C@@H](O)COc3ccccc3)CC2)c1C. The molecule has 164 valence electrons. The van der Waals surface area contributed by atoms with Crippen molar-refractivity contribution >= 4 is 10.0 Å². The van der Waals surface area contributed by atoms with Crippen LogP contribution in [0.1, 0.15) is 22.3 Å². The number of aliphatic hydroxyl groups excluding tert-OH is 1. The minimum Gasteiger partial charge on any atom is -0.491 e. The van der Waals surface area contributed by atoms with E-state index in [1.807, 2.05) is 64.1 Å². The second kappa shape index (κ2) is 9.47. The number of hydrogen-bond donors (Lipinski definition) is 2. The summed E-state index contributed by atoms with van der Waals surface area (Å²) in [6.45, 7) is 10.7. The molecule has 0 aliphatic carbocycles. The summed E-state index contributed by atoms with van der Waals surface area (Å²) in [5, 5.41) is 10.3. The Balaban J connectivity index is 1.59. The Morgan fingerprint density at radius 2 is 1.60 bits per heavy atom. The average molecular weight is 434 g/mol. The molecule has 0 saturated carbocycles. The normalized spacial score (nSPS) is 17.1. The first-order valence-corrected chi connectivity index (χ1v) is 11.9. The summed E-state index contributed by atoms with van der Waals surface area (Å²) >= 11 is 0. The largest absolute Gasteiger partial charge is 0.491 e. The van der Waals surface area contributed by atoms with Crippen molar-refractivity contribution < 1.29 is 23.2 Å². The average Bonchev–Trinajstić information content (AvgIpc) is 2.72. The summed E-state index contributed by atoms with van der Waals surface area (Å²) in [5.74, 6) is 0.738. The topological polar surface area (TPSA) is 71.3 Å². The molecule has 1 aliphatic rings. The zero-order chi connectivity index (χ0) is 21.9. The summed E-state index contributed by atoms with van der Waals surface area (Å²) in [4.78, 5) is 1.65. The Labute approximate surface area is 180 Å². The molecule has 7 heteroatoms. The highest BCUT2D eigenvalue weighted by molar-refractivity contribution is 7.89. The van der Waals surface area contributed by atoms with Gasteiger partial charge in [0.05, 0.1) is 31.1 Å². The second-order valence-corrected chi connectivity index (χ2v) is 10.1. The van der Waals surface area contributed by atoms with Crippen molar-refractivity contribution in [2.24, 2.45) is 0 Å². The van der Waals surface area contributed by atoms with Crippen LogP contribution in [0.2, 0.25) is 0 Å². The van der Waals surface area contributed by atoms with Crippen molar-refractivity contribution in [3.63, 3.8) is 0 Å². The van der Waals surface area contributed by atoms with Crippen molar-refractivity contribution in [2.45, 2.75) is 38.7 Å². The number of rotatable bonds is 7. The molecule has 6 nitrogen and oxygen atoms in total. The predicted octanol–water partition coefficient (Wildman–Crippen LogP) is 1.25. The number of para-hydroxylation sites is 1. The Morgan fingerprint density at radius 1 is 1.03 bits per heavy atom. The summed E-state index contributed by atoms with van der Waals surface area (Å²) in [7, 11) is -3.53. The fourth-order valence-electron chi connectivity index (χ4n) is 4.04. The van der Waals surface area contributed by atoms with E-state index in [1.54, 1.807) is 4.31 Å². The molecule has 0 radical (unpaired) electrons. The van der Waals surface area contributed by atoms with Crippen molar-refractivity contribution in [2.75, 3.05) is 39.3 Å². The smallest absolute Gasteiger partial charge is 0.244 e. The number of nitrogens with zero attached hydrogens (tertiary/aromatic N) is 1. The third-order valence-electron chi connectivity index (χ3n) is 6.03. The maximum absolute atomic E-state index is 13.4. The lowest BCUT2D eigenvalue weighted by molar-refractivity contribution is -0.906. The van der Waals surface area contributed by atoms with E-state index in [4.69, 9.17) is 4.74 Å². The molecule has 1 fully saturated rings. The van der Waals surface area contributed by atoms with Gasteiger partial charge in [0.2, 0.25) is 10.0 Å². The van der Waals surface area contributed by atoms with E-state index in [9.17, 15) is 13.5 Å². The van der Waals surface area contributed by atoms with E-state index < -0.39 is 16.1 Å². The lowest BCUT2D eigenvalue weighted by Crippen LogP contribution is -3.15. The maximum Gasteiger partial charge on any atom is 0.244 e. The number of aliphatic hydroxyl groups is 1. The van der Waals surface area contributed by atoms with Crippen LogP contribution >= 0.6 is 0 Å². The predicted molar refractivity (Wildman–Crippen MR) is 118 cm³/mol. The zero-order valence-corrected chi connectivity index (χ0v) is 19.1. The third kappa shape index (κ3) is 5.03. The van der Waals surface area contributed by atoms with Crippen LogP contribution in [0, 0.1) is 27.7 Å². The van der Waals surface area contributed by atoms with E-state index in [2.05, 4.69) is 0 Å². The zero-order valence-electron chi connectivity index (χ0n) is 18.3. The van der Waals surface area contributed by atoms with Crippen LogP contribution in [0.3, 0.4) is 0 Å². The Bertz CT molecular complexity index is 942. The summed E-state index contributed by atoms with van der Waals surface area (Å²) in [6, 6.07) is 11.5. The Morgan fingerprint density at radius 3 is 2.17 bits per heavy atom. The minimum absolute atomic E-state index is 0.233. The molecule has 0 amide bonds. The van der Waals surface area contributed by atoms with Gasteiger partial charge in [0, 0.05) is 0 Å². The number of benzene rings is 2. The first kappa shape index (κ1) is 22.7. The highest BCUT2D eigenvalue weighted by atomic mass is 32.2. The molecule has 1 heterocycles. The first-order valence-electron chi connectivity index (χ1n) is 10.5. The number of quaternary nitrogens is 1. The van der Waals surface area contributed by atoms with Gasteiger partial charge in [-0.25, -0.2) is 8.42 Å². The van der Waals surface area contributed by atoms with E-state index in [-0.39, 0.29) is 6.61 Å². The van der Waals surface area contributed by atoms with Gasteiger partial charge in [-0.2, -0.15) is 4.31 Å². The van der Waals surface area contributed by atoms with Crippen LogP contribution in [0.15, 0.2) is 41.3 Å². The monoisotopic (exact) mass is 433 g/mol.